The number of rotatable bonds is 3. The van der Waals surface area contributed by atoms with Gasteiger partial charge in [-0.15, -0.1) is 0 Å². The van der Waals surface area contributed by atoms with E-state index in [1.165, 1.54) is 12.1 Å². The van der Waals surface area contributed by atoms with Crippen LogP contribution in [-0.2, 0) is 12.7 Å². The van der Waals surface area contributed by atoms with E-state index in [1.807, 2.05) is 17.0 Å². The monoisotopic (exact) mass is 369 g/mol. The maximum atomic E-state index is 12.6. The fourth-order valence-corrected chi connectivity index (χ4v) is 2.98. The first-order valence-corrected chi connectivity index (χ1v) is 8.30. The first-order chi connectivity index (χ1) is 11.9. The number of furan rings is 1. The molecule has 0 atom stereocenters. The van der Waals surface area contributed by atoms with Crippen LogP contribution in [0.4, 0.5) is 18.9 Å². The van der Waals surface area contributed by atoms with Crippen molar-refractivity contribution < 1.29 is 17.6 Å². The van der Waals surface area contributed by atoms with Gasteiger partial charge in [0.05, 0.1) is 18.4 Å². The summed E-state index contributed by atoms with van der Waals surface area (Å²) in [6, 6.07) is 8.70. The number of hydrogen-bond acceptors (Lipinski definition) is 3. The molecule has 0 amide bonds. The number of thiocarbonyl (C=S) groups is 1. The molecule has 1 N–H and O–H groups in total. The lowest BCUT2D eigenvalue weighted by Gasteiger charge is -2.35. The lowest BCUT2D eigenvalue weighted by atomic mass is 10.2. The lowest BCUT2D eigenvalue weighted by molar-refractivity contribution is -0.137. The highest BCUT2D eigenvalue weighted by Gasteiger charge is 2.30. The van der Waals surface area contributed by atoms with E-state index in [4.69, 9.17) is 16.6 Å². The zero-order chi connectivity index (χ0) is 17.9. The number of benzene rings is 1. The zero-order valence-corrected chi connectivity index (χ0v) is 14.2. The van der Waals surface area contributed by atoms with E-state index >= 15 is 0 Å². The third kappa shape index (κ3) is 4.73. The minimum absolute atomic E-state index is 0.525. The van der Waals surface area contributed by atoms with Crippen LogP contribution in [0.2, 0.25) is 0 Å². The number of nitrogens with zero attached hydrogens (tertiary/aromatic N) is 2. The van der Waals surface area contributed by atoms with Crippen molar-refractivity contribution in [3.05, 3.63) is 54.0 Å². The Morgan fingerprint density at radius 1 is 1.08 bits per heavy atom. The first-order valence-electron chi connectivity index (χ1n) is 7.90. The van der Waals surface area contributed by atoms with Crippen molar-refractivity contribution in [2.75, 3.05) is 31.5 Å². The molecule has 0 aliphatic carbocycles. The molecule has 0 radical (unpaired) electrons. The van der Waals surface area contributed by atoms with Crippen molar-refractivity contribution in [1.29, 1.82) is 0 Å². The van der Waals surface area contributed by atoms with E-state index < -0.39 is 11.7 Å². The Labute approximate surface area is 149 Å². The number of halogens is 3. The fraction of sp³-hybridized carbons (Fsp3) is 0.353. The average Bonchev–Trinajstić information content (AvgIpc) is 3.08. The molecule has 0 saturated carbocycles. The van der Waals surface area contributed by atoms with Crippen LogP contribution in [0.15, 0.2) is 47.1 Å². The average molecular weight is 369 g/mol. The SMILES string of the molecule is FC(F)(F)c1ccc(NC(=S)N2CCN(Cc3ccco3)CC2)cc1. The van der Waals surface area contributed by atoms with Gasteiger partial charge in [0.1, 0.15) is 5.76 Å². The van der Waals surface area contributed by atoms with E-state index in [1.54, 1.807) is 6.26 Å². The van der Waals surface area contributed by atoms with Gasteiger partial charge in [0, 0.05) is 31.9 Å². The van der Waals surface area contributed by atoms with Gasteiger partial charge in [-0.1, -0.05) is 0 Å². The predicted molar refractivity (Wildman–Crippen MR) is 93.2 cm³/mol. The van der Waals surface area contributed by atoms with E-state index in [2.05, 4.69) is 10.2 Å². The molecule has 1 aromatic heterocycles. The first kappa shape index (κ1) is 17.8. The van der Waals surface area contributed by atoms with Crippen LogP contribution < -0.4 is 5.32 Å². The summed E-state index contributed by atoms with van der Waals surface area (Å²) >= 11 is 5.37. The van der Waals surface area contributed by atoms with Gasteiger partial charge >= 0.3 is 6.18 Å². The van der Waals surface area contributed by atoms with Crippen LogP contribution in [-0.4, -0.2) is 41.1 Å². The second kappa shape index (κ2) is 7.45. The smallest absolute Gasteiger partial charge is 0.416 e. The summed E-state index contributed by atoms with van der Waals surface area (Å²) in [6.45, 7) is 3.96. The summed E-state index contributed by atoms with van der Waals surface area (Å²) in [5.41, 5.74) is -0.119. The quantitative estimate of drug-likeness (QED) is 0.832. The van der Waals surface area contributed by atoms with Crippen molar-refractivity contribution >= 4 is 23.0 Å². The van der Waals surface area contributed by atoms with Crippen LogP contribution in [0, 0.1) is 0 Å². The van der Waals surface area contributed by atoms with Crippen molar-refractivity contribution in [3.63, 3.8) is 0 Å². The number of piperazine rings is 1. The van der Waals surface area contributed by atoms with Crippen molar-refractivity contribution in [3.8, 4) is 0 Å². The van der Waals surface area contributed by atoms with E-state index in [9.17, 15) is 13.2 Å². The molecule has 8 heteroatoms. The van der Waals surface area contributed by atoms with Crippen LogP contribution in [0.5, 0.6) is 0 Å². The molecule has 2 aromatic rings. The summed E-state index contributed by atoms with van der Waals surface area (Å²) in [5.74, 6) is 0.930. The van der Waals surface area contributed by atoms with Crippen LogP contribution >= 0.6 is 12.2 Å². The Hall–Kier alpha value is -2.06. The van der Waals surface area contributed by atoms with E-state index in [0.717, 1.165) is 50.6 Å². The lowest BCUT2D eigenvalue weighted by Crippen LogP contribution is -2.49. The Balaban J connectivity index is 1.49. The zero-order valence-electron chi connectivity index (χ0n) is 13.4. The third-order valence-corrected chi connectivity index (χ3v) is 4.44. The molecule has 1 saturated heterocycles. The number of nitrogens with one attached hydrogen (secondary N) is 1. The van der Waals surface area contributed by atoms with Gasteiger partial charge in [0.2, 0.25) is 0 Å². The topological polar surface area (TPSA) is 31.6 Å². The molecule has 0 unspecified atom stereocenters. The highest BCUT2D eigenvalue weighted by Crippen LogP contribution is 2.29. The van der Waals surface area contributed by atoms with Gasteiger partial charge in [-0.05, 0) is 48.6 Å². The molecule has 1 aliphatic rings. The van der Waals surface area contributed by atoms with Gasteiger partial charge in [-0.2, -0.15) is 13.2 Å². The summed E-state index contributed by atoms with van der Waals surface area (Å²) in [4.78, 5) is 4.29. The van der Waals surface area contributed by atoms with Gasteiger partial charge in [0.25, 0.3) is 0 Å². The highest BCUT2D eigenvalue weighted by atomic mass is 32.1. The third-order valence-electron chi connectivity index (χ3n) is 4.08. The van der Waals surface area contributed by atoms with Crippen molar-refractivity contribution in [2.45, 2.75) is 12.7 Å². The molecule has 0 spiro atoms. The number of alkyl halides is 3. The molecular weight excluding hydrogens is 351 g/mol. The Morgan fingerprint density at radius 3 is 2.32 bits per heavy atom. The minimum Gasteiger partial charge on any atom is -0.468 e. The molecule has 0 bridgehead atoms. The van der Waals surface area contributed by atoms with Crippen LogP contribution in [0.25, 0.3) is 0 Å². The van der Waals surface area contributed by atoms with Crippen LogP contribution in [0.1, 0.15) is 11.3 Å². The fourth-order valence-electron chi connectivity index (χ4n) is 2.68. The minimum atomic E-state index is -4.33. The van der Waals surface area contributed by atoms with Crippen LogP contribution in [0.3, 0.4) is 0 Å². The second-order valence-electron chi connectivity index (χ2n) is 5.85. The van der Waals surface area contributed by atoms with E-state index in [-0.39, 0.29) is 0 Å². The number of anilines is 1. The van der Waals surface area contributed by atoms with Gasteiger partial charge in [-0.25, -0.2) is 0 Å². The molecule has 134 valence electrons. The molecular formula is C17H18F3N3OS. The predicted octanol–water partition coefficient (Wildman–Crippen LogP) is 3.81. The second-order valence-corrected chi connectivity index (χ2v) is 6.23. The molecule has 1 fully saturated rings. The maximum Gasteiger partial charge on any atom is 0.416 e. The Kier molecular flexibility index (Phi) is 5.29. The van der Waals surface area contributed by atoms with Crippen molar-refractivity contribution in [1.82, 2.24) is 9.80 Å². The molecule has 1 aromatic carbocycles. The van der Waals surface area contributed by atoms with Gasteiger partial charge < -0.3 is 14.6 Å². The normalized spacial score (nSPS) is 16.0. The summed E-state index contributed by atoms with van der Waals surface area (Å²) in [6.07, 6.45) is -2.67. The molecule has 2 heterocycles. The molecule has 25 heavy (non-hydrogen) atoms. The van der Waals surface area contributed by atoms with Gasteiger partial charge in [0.15, 0.2) is 5.11 Å². The number of hydrogen-bond donors (Lipinski definition) is 1. The summed E-state index contributed by atoms with van der Waals surface area (Å²) in [5, 5.41) is 3.53. The highest BCUT2D eigenvalue weighted by molar-refractivity contribution is 7.80. The Bertz CT molecular complexity index is 693. The summed E-state index contributed by atoms with van der Waals surface area (Å²) in [7, 11) is 0. The van der Waals surface area contributed by atoms with Crippen molar-refractivity contribution in [2.24, 2.45) is 0 Å². The molecule has 4 nitrogen and oxygen atoms in total. The van der Waals surface area contributed by atoms with E-state index in [0.29, 0.717) is 10.8 Å². The maximum absolute atomic E-state index is 12.6. The molecule has 1 aliphatic heterocycles. The standard InChI is InChI=1S/C17H18F3N3OS/c18-17(19,20)13-3-5-14(6-4-13)21-16(25)23-9-7-22(8-10-23)12-15-2-1-11-24-15/h1-6,11H,7-10,12H2,(H,21,25). The largest absolute Gasteiger partial charge is 0.468 e. The van der Waals surface area contributed by atoms with Gasteiger partial charge in [-0.3, -0.25) is 4.90 Å². The Morgan fingerprint density at radius 2 is 1.76 bits per heavy atom. The molecule has 3 rings (SSSR count). The summed E-state index contributed by atoms with van der Waals surface area (Å²) < 4.78 is 43.1.